The zero-order valence-electron chi connectivity index (χ0n) is 9.68. The predicted octanol–water partition coefficient (Wildman–Crippen LogP) is 0.533. The normalized spacial score (nSPS) is 11.1. The number of nitrogen functional groups attached to an aromatic ring is 1. The van der Waals surface area contributed by atoms with Crippen molar-refractivity contribution in [3.05, 3.63) is 34.5 Å². The summed E-state index contributed by atoms with van der Waals surface area (Å²) in [5, 5.41) is 14.6. The fourth-order valence-electron chi connectivity index (χ4n) is 1.38. The third kappa shape index (κ3) is 2.81. The number of rotatable bonds is 5. The SMILES string of the molecule is NNc1ccc(S(=O)(=O)Nc2cnns2)c([N+](=O)[O-])c1. The second-order valence-electron chi connectivity index (χ2n) is 3.47. The fourth-order valence-corrected chi connectivity index (χ4v) is 3.21. The van der Waals surface area contributed by atoms with Gasteiger partial charge in [-0.05, 0) is 12.1 Å². The minimum Gasteiger partial charge on any atom is -0.324 e. The molecule has 1 heterocycles. The van der Waals surface area contributed by atoms with Gasteiger partial charge in [0.15, 0.2) is 4.90 Å². The van der Waals surface area contributed by atoms with Gasteiger partial charge in [-0.25, -0.2) is 8.42 Å². The first kappa shape index (κ1) is 14.1. The highest BCUT2D eigenvalue weighted by Crippen LogP contribution is 2.28. The summed E-state index contributed by atoms with van der Waals surface area (Å²) in [5.41, 5.74) is 1.83. The van der Waals surface area contributed by atoms with Gasteiger partial charge in [-0.2, -0.15) is 0 Å². The van der Waals surface area contributed by atoms with E-state index in [-0.39, 0.29) is 10.7 Å². The maximum absolute atomic E-state index is 12.1. The average molecular weight is 316 g/mol. The first-order valence-electron chi connectivity index (χ1n) is 4.99. The lowest BCUT2D eigenvalue weighted by molar-refractivity contribution is -0.387. The Morgan fingerprint density at radius 2 is 2.15 bits per heavy atom. The van der Waals surface area contributed by atoms with Crippen LogP contribution in [0.3, 0.4) is 0 Å². The summed E-state index contributed by atoms with van der Waals surface area (Å²) < 4.78 is 29.9. The van der Waals surface area contributed by atoms with Gasteiger partial charge in [0.1, 0.15) is 5.00 Å². The van der Waals surface area contributed by atoms with E-state index in [4.69, 9.17) is 5.84 Å². The van der Waals surface area contributed by atoms with Crippen LogP contribution in [0.15, 0.2) is 29.3 Å². The van der Waals surface area contributed by atoms with Crippen LogP contribution in [0.25, 0.3) is 0 Å². The van der Waals surface area contributed by atoms with Crippen LogP contribution in [0, 0.1) is 10.1 Å². The molecule has 0 saturated heterocycles. The zero-order valence-corrected chi connectivity index (χ0v) is 11.3. The molecule has 2 aromatic rings. The molecule has 0 atom stereocenters. The molecule has 20 heavy (non-hydrogen) atoms. The summed E-state index contributed by atoms with van der Waals surface area (Å²) in [6.07, 6.45) is 1.20. The van der Waals surface area contributed by atoms with Crippen molar-refractivity contribution in [2.24, 2.45) is 5.84 Å². The van der Waals surface area contributed by atoms with Crippen LogP contribution in [0.1, 0.15) is 0 Å². The summed E-state index contributed by atoms with van der Waals surface area (Å²) in [7, 11) is -4.11. The third-order valence-corrected chi connectivity index (χ3v) is 4.33. The van der Waals surface area contributed by atoms with Crippen molar-refractivity contribution in [2.75, 3.05) is 10.1 Å². The molecule has 0 amide bonds. The number of nitro benzene ring substituents is 1. The van der Waals surface area contributed by atoms with E-state index in [1.807, 2.05) is 0 Å². The van der Waals surface area contributed by atoms with Crippen LogP contribution in [0.2, 0.25) is 0 Å². The summed E-state index contributed by atoms with van der Waals surface area (Å²) in [6.45, 7) is 0. The van der Waals surface area contributed by atoms with Gasteiger partial charge in [0, 0.05) is 17.6 Å². The molecular weight excluding hydrogens is 308 g/mol. The van der Waals surface area contributed by atoms with E-state index in [1.54, 1.807) is 0 Å². The predicted molar refractivity (Wildman–Crippen MR) is 71.6 cm³/mol. The lowest BCUT2D eigenvalue weighted by Crippen LogP contribution is -2.15. The van der Waals surface area contributed by atoms with E-state index in [0.29, 0.717) is 0 Å². The Labute approximate surface area is 117 Å². The highest BCUT2D eigenvalue weighted by molar-refractivity contribution is 7.93. The number of nitro groups is 1. The van der Waals surface area contributed by atoms with Crippen LogP contribution in [-0.2, 0) is 10.0 Å². The molecule has 0 aliphatic heterocycles. The number of hydrazine groups is 1. The number of sulfonamides is 1. The minimum absolute atomic E-state index is 0.153. The highest BCUT2D eigenvalue weighted by atomic mass is 32.2. The number of benzene rings is 1. The molecule has 4 N–H and O–H groups in total. The lowest BCUT2D eigenvalue weighted by atomic mass is 10.3. The third-order valence-electron chi connectivity index (χ3n) is 2.21. The van der Waals surface area contributed by atoms with Gasteiger partial charge in [-0.3, -0.25) is 20.7 Å². The van der Waals surface area contributed by atoms with Gasteiger partial charge in [-0.15, -0.1) is 5.10 Å². The maximum Gasteiger partial charge on any atom is 0.291 e. The molecule has 0 spiro atoms. The Bertz CT molecular complexity index is 729. The summed E-state index contributed by atoms with van der Waals surface area (Å²) in [5.74, 6) is 5.14. The monoisotopic (exact) mass is 316 g/mol. The van der Waals surface area contributed by atoms with Crippen LogP contribution in [-0.4, -0.2) is 22.9 Å². The van der Waals surface area contributed by atoms with E-state index in [0.717, 1.165) is 23.7 Å². The summed E-state index contributed by atoms with van der Waals surface area (Å²) >= 11 is 0.813. The number of aromatic nitrogens is 2. The van der Waals surface area contributed by atoms with Crippen molar-refractivity contribution in [3.63, 3.8) is 0 Å². The second kappa shape index (κ2) is 5.36. The number of nitrogens with two attached hydrogens (primary N) is 1. The van der Waals surface area contributed by atoms with Crippen molar-refractivity contribution >= 4 is 37.9 Å². The van der Waals surface area contributed by atoms with E-state index in [1.165, 1.54) is 12.3 Å². The van der Waals surface area contributed by atoms with Gasteiger partial charge in [0.25, 0.3) is 15.7 Å². The van der Waals surface area contributed by atoms with Crippen LogP contribution < -0.4 is 16.0 Å². The molecule has 12 heteroatoms. The van der Waals surface area contributed by atoms with Gasteiger partial charge in [0.05, 0.1) is 16.8 Å². The van der Waals surface area contributed by atoms with Gasteiger partial charge >= 0.3 is 0 Å². The number of nitrogens with zero attached hydrogens (tertiary/aromatic N) is 3. The van der Waals surface area contributed by atoms with E-state index >= 15 is 0 Å². The molecule has 1 aromatic heterocycles. The quantitative estimate of drug-likeness (QED) is 0.410. The molecular formula is C8H8N6O4S2. The fraction of sp³-hybridized carbons (Fsp3) is 0. The Hall–Kier alpha value is -2.31. The molecule has 1 aromatic carbocycles. The smallest absolute Gasteiger partial charge is 0.291 e. The average Bonchev–Trinajstić information content (AvgIpc) is 2.90. The minimum atomic E-state index is -4.11. The molecule has 2 rings (SSSR count). The number of nitrogens with one attached hydrogen (secondary N) is 2. The molecule has 0 saturated carbocycles. The molecule has 0 radical (unpaired) electrons. The molecule has 10 nitrogen and oxygen atoms in total. The maximum atomic E-state index is 12.1. The Balaban J connectivity index is 2.48. The summed E-state index contributed by atoms with van der Waals surface area (Å²) in [4.78, 5) is 9.68. The van der Waals surface area contributed by atoms with Crippen molar-refractivity contribution in [1.29, 1.82) is 0 Å². The molecule has 0 aliphatic rings. The van der Waals surface area contributed by atoms with Crippen molar-refractivity contribution in [3.8, 4) is 0 Å². The number of hydrogen-bond acceptors (Lipinski definition) is 9. The molecule has 106 valence electrons. The van der Waals surface area contributed by atoms with E-state index in [2.05, 4.69) is 19.7 Å². The van der Waals surface area contributed by atoms with E-state index in [9.17, 15) is 18.5 Å². The molecule has 0 aliphatic carbocycles. The number of anilines is 2. The number of hydrogen-bond donors (Lipinski definition) is 3. The van der Waals surface area contributed by atoms with Crippen LogP contribution in [0.4, 0.5) is 16.4 Å². The molecule has 0 bridgehead atoms. The highest BCUT2D eigenvalue weighted by Gasteiger charge is 2.26. The first-order valence-corrected chi connectivity index (χ1v) is 7.25. The summed E-state index contributed by atoms with van der Waals surface area (Å²) in [6, 6.07) is 3.43. The van der Waals surface area contributed by atoms with Gasteiger partial charge < -0.3 is 5.43 Å². The van der Waals surface area contributed by atoms with Crippen molar-refractivity contribution in [2.45, 2.75) is 4.90 Å². The van der Waals surface area contributed by atoms with Crippen molar-refractivity contribution < 1.29 is 13.3 Å². The Morgan fingerprint density at radius 1 is 1.40 bits per heavy atom. The second-order valence-corrected chi connectivity index (χ2v) is 5.91. The standard InChI is InChI=1S/C8H8N6O4S2/c9-11-5-1-2-7(6(3-5)14(15)16)20(17,18)12-8-4-10-13-19-8/h1-4,11-12H,9H2. The zero-order chi connectivity index (χ0) is 14.8. The van der Waals surface area contributed by atoms with Gasteiger partial charge in [-0.1, -0.05) is 4.49 Å². The van der Waals surface area contributed by atoms with Crippen LogP contribution >= 0.6 is 11.5 Å². The van der Waals surface area contributed by atoms with Crippen LogP contribution in [0.5, 0.6) is 0 Å². The molecule has 0 unspecified atom stereocenters. The van der Waals surface area contributed by atoms with Gasteiger partial charge in [0.2, 0.25) is 0 Å². The molecule has 0 fully saturated rings. The van der Waals surface area contributed by atoms with Crippen molar-refractivity contribution in [1.82, 2.24) is 9.59 Å². The lowest BCUT2D eigenvalue weighted by Gasteiger charge is -2.07. The van der Waals surface area contributed by atoms with E-state index < -0.39 is 25.5 Å². The topological polar surface area (TPSA) is 153 Å². The largest absolute Gasteiger partial charge is 0.324 e. The Morgan fingerprint density at radius 3 is 2.70 bits per heavy atom. The Kier molecular flexibility index (Phi) is 3.78. The first-order chi connectivity index (χ1) is 9.44.